The molecule has 6 nitrogen and oxygen atoms in total. The van der Waals surface area contributed by atoms with Crippen LogP contribution in [0.5, 0.6) is 0 Å². The molecule has 3 aromatic rings. The summed E-state index contributed by atoms with van der Waals surface area (Å²) in [6.07, 6.45) is -1.13. The molecule has 1 atom stereocenters. The van der Waals surface area contributed by atoms with Crippen LogP contribution < -0.4 is 10.9 Å². The van der Waals surface area contributed by atoms with Crippen LogP contribution in [0.1, 0.15) is 26.8 Å². The van der Waals surface area contributed by atoms with Crippen molar-refractivity contribution in [1.29, 1.82) is 0 Å². The van der Waals surface area contributed by atoms with Gasteiger partial charge in [-0.05, 0) is 18.6 Å². The molecule has 2 N–H and O–H groups in total. The Bertz CT molecular complexity index is 982. The number of carbonyl (C=O) groups is 1. The van der Waals surface area contributed by atoms with Crippen LogP contribution in [-0.4, -0.2) is 27.0 Å². The number of hydrogen-bond donors (Lipinski definition) is 2. The van der Waals surface area contributed by atoms with E-state index in [2.05, 4.69) is 15.0 Å². The zero-order valence-electron chi connectivity index (χ0n) is 12.7. The van der Waals surface area contributed by atoms with Crippen molar-refractivity contribution in [3.63, 3.8) is 0 Å². The summed E-state index contributed by atoms with van der Waals surface area (Å²) in [7, 11) is 0. The van der Waals surface area contributed by atoms with Crippen molar-refractivity contribution >= 4 is 27.5 Å². The molecule has 0 aromatic carbocycles. The van der Waals surface area contributed by atoms with Crippen LogP contribution in [0.15, 0.2) is 35.6 Å². The Morgan fingerprint density at radius 2 is 2.16 bits per heavy atom. The van der Waals surface area contributed by atoms with Gasteiger partial charge in [0.1, 0.15) is 4.83 Å². The van der Waals surface area contributed by atoms with Gasteiger partial charge in [-0.1, -0.05) is 6.07 Å². The number of nitrogens with zero attached hydrogens (tertiary/aromatic N) is 2. The van der Waals surface area contributed by atoms with Gasteiger partial charge in [0.15, 0.2) is 6.04 Å². The Kier molecular flexibility index (Phi) is 4.29. The zero-order chi connectivity index (χ0) is 18.2. The summed E-state index contributed by atoms with van der Waals surface area (Å²) in [6, 6.07) is 0.383. The maximum Gasteiger partial charge on any atom is 0.412 e. The van der Waals surface area contributed by atoms with Crippen molar-refractivity contribution in [2.45, 2.75) is 19.1 Å². The van der Waals surface area contributed by atoms with E-state index < -0.39 is 23.7 Å². The van der Waals surface area contributed by atoms with E-state index in [0.29, 0.717) is 5.56 Å². The van der Waals surface area contributed by atoms with Crippen LogP contribution in [0.4, 0.5) is 13.2 Å². The first-order valence-corrected chi connectivity index (χ1v) is 7.85. The molecule has 0 aliphatic carbocycles. The first-order chi connectivity index (χ1) is 11.8. The lowest BCUT2D eigenvalue weighted by atomic mass is 10.1. The van der Waals surface area contributed by atoms with Gasteiger partial charge in [0.05, 0.1) is 16.6 Å². The standard InChI is InChI=1S/C15H11F3N4O2S/c1-7-9-12(23)20-6-21-14(9)25-10(7)13(24)22-11(15(16,17)18)8-3-2-4-19-5-8/h2-6,11H,1H3,(H,22,24)(H,20,21,23)/t11-/m1/s1. The number of aryl methyl sites for hydroxylation is 1. The number of amides is 1. The summed E-state index contributed by atoms with van der Waals surface area (Å²) < 4.78 is 40.0. The van der Waals surface area contributed by atoms with Gasteiger partial charge in [-0.3, -0.25) is 14.6 Å². The molecule has 0 saturated carbocycles. The number of rotatable bonds is 3. The fourth-order valence-electron chi connectivity index (χ4n) is 2.39. The number of aromatic nitrogens is 3. The highest BCUT2D eigenvalue weighted by Gasteiger charge is 2.42. The largest absolute Gasteiger partial charge is 0.412 e. The zero-order valence-corrected chi connectivity index (χ0v) is 13.5. The third kappa shape index (κ3) is 3.25. The number of hydrogen-bond acceptors (Lipinski definition) is 5. The van der Waals surface area contributed by atoms with E-state index in [9.17, 15) is 22.8 Å². The Balaban J connectivity index is 1.99. The molecular formula is C15H11F3N4O2S. The number of fused-ring (bicyclic) bond motifs is 1. The highest BCUT2D eigenvalue weighted by atomic mass is 32.1. The number of nitrogens with one attached hydrogen (secondary N) is 2. The van der Waals surface area contributed by atoms with Gasteiger partial charge >= 0.3 is 6.18 Å². The molecule has 3 heterocycles. The molecule has 0 spiro atoms. The Hall–Kier alpha value is -2.75. The predicted octanol–water partition coefficient (Wildman–Crippen LogP) is 2.72. The maximum absolute atomic E-state index is 13.3. The van der Waals surface area contributed by atoms with Crippen molar-refractivity contribution in [2.24, 2.45) is 0 Å². The van der Waals surface area contributed by atoms with E-state index in [4.69, 9.17) is 0 Å². The third-order valence-electron chi connectivity index (χ3n) is 3.56. The van der Waals surface area contributed by atoms with Crippen molar-refractivity contribution in [3.8, 4) is 0 Å². The molecule has 0 aliphatic heterocycles. The van der Waals surface area contributed by atoms with Crippen molar-refractivity contribution < 1.29 is 18.0 Å². The molecular weight excluding hydrogens is 357 g/mol. The van der Waals surface area contributed by atoms with Crippen LogP contribution >= 0.6 is 11.3 Å². The van der Waals surface area contributed by atoms with E-state index in [1.807, 2.05) is 5.32 Å². The van der Waals surface area contributed by atoms with Crippen molar-refractivity contribution in [1.82, 2.24) is 20.3 Å². The average Bonchev–Trinajstić information content (AvgIpc) is 2.90. The normalized spacial score (nSPS) is 13.0. The SMILES string of the molecule is Cc1c(C(=O)N[C@H](c2cccnc2)C(F)(F)F)sc2nc[nH]c(=O)c12. The number of aromatic amines is 1. The molecule has 3 aromatic heterocycles. The number of thiophene rings is 1. The maximum atomic E-state index is 13.3. The summed E-state index contributed by atoms with van der Waals surface area (Å²) >= 11 is 0.868. The fourth-order valence-corrected chi connectivity index (χ4v) is 3.45. The quantitative estimate of drug-likeness (QED) is 0.744. The topological polar surface area (TPSA) is 87.7 Å². The van der Waals surface area contributed by atoms with E-state index >= 15 is 0 Å². The van der Waals surface area contributed by atoms with E-state index in [0.717, 1.165) is 17.5 Å². The van der Waals surface area contributed by atoms with Crippen LogP contribution in [0.2, 0.25) is 0 Å². The predicted molar refractivity (Wildman–Crippen MR) is 85.5 cm³/mol. The summed E-state index contributed by atoms with van der Waals surface area (Å²) in [6.45, 7) is 1.50. The molecule has 0 radical (unpaired) electrons. The van der Waals surface area contributed by atoms with Crippen molar-refractivity contribution in [3.05, 3.63) is 57.2 Å². The van der Waals surface area contributed by atoms with E-state index in [-0.39, 0.29) is 20.7 Å². The van der Waals surface area contributed by atoms with Gasteiger partial charge in [-0.2, -0.15) is 13.2 Å². The monoisotopic (exact) mass is 368 g/mol. The highest BCUT2D eigenvalue weighted by Crippen LogP contribution is 2.33. The number of alkyl halides is 3. The van der Waals surface area contributed by atoms with E-state index in [1.54, 1.807) is 0 Å². The minimum atomic E-state index is -4.70. The molecule has 0 unspecified atom stereocenters. The second kappa shape index (κ2) is 6.28. The Morgan fingerprint density at radius 3 is 2.76 bits per heavy atom. The molecule has 130 valence electrons. The lowest BCUT2D eigenvalue weighted by molar-refractivity contribution is -0.155. The molecule has 0 bridgehead atoms. The third-order valence-corrected chi connectivity index (χ3v) is 4.76. The van der Waals surface area contributed by atoms with Gasteiger partial charge in [-0.25, -0.2) is 4.98 Å². The summed E-state index contributed by atoms with van der Waals surface area (Å²) in [5.41, 5.74) is -0.338. The molecule has 1 amide bonds. The number of pyridine rings is 1. The molecule has 0 aliphatic rings. The van der Waals surface area contributed by atoms with Gasteiger partial charge in [0.2, 0.25) is 0 Å². The molecule has 0 saturated heterocycles. The second-order valence-corrected chi connectivity index (χ2v) is 6.20. The summed E-state index contributed by atoms with van der Waals surface area (Å²) in [5.74, 6) is -0.925. The summed E-state index contributed by atoms with van der Waals surface area (Å²) in [4.78, 5) is 34.5. The fraction of sp³-hybridized carbons (Fsp3) is 0.200. The van der Waals surface area contributed by atoms with E-state index in [1.165, 1.54) is 31.6 Å². The number of carbonyl (C=O) groups excluding carboxylic acids is 1. The van der Waals surface area contributed by atoms with Gasteiger partial charge < -0.3 is 10.3 Å². The van der Waals surface area contributed by atoms with Crippen LogP contribution in [0.3, 0.4) is 0 Å². The molecule has 3 rings (SSSR count). The minimum absolute atomic E-state index is 0.0114. The Labute approximate surface area is 142 Å². The van der Waals surface area contributed by atoms with Gasteiger partial charge in [0, 0.05) is 18.0 Å². The average molecular weight is 368 g/mol. The van der Waals surface area contributed by atoms with Gasteiger partial charge in [0.25, 0.3) is 11.5 Å². The van der Waals surface area contributed by atoms with Crippen LogP contribution in [-0.2, 0) is 0 Å². The lowest BCUT2D eigenvalue weighted by Gasteiger charge is -2.21. The van der Waals surface area contributed by atoms with Crippen LogP contribution in [0, 0.1) is 6.92 Å². The minimum Gasteiger partial charge on any atom is -0.336 e. The second-order valence-electron chi connectivity index (χ2n) is 5.20. The van der Waals surface area contributed by atoms with Gasteiger partial charge in [-0.15, -0.1) is 11.3 Å². The lowest BCUT2D eigenvalue weighted by Crippen LogP contribution is -2.38. The molecule has 10 heteroatoms. The number of H-pyrrole nitrogens is 1. The highest BCUT2D eigenvalue weighted by molar-refractivity contribution is 7.20. The van der Waals surface area contributed by atoms with Crippen molar-refractivity contribution in [2.75, 3.05) is 0 Å². The molecule has 0 fully saturated rings. The van der Waals surface area contributed by atoms with Crippen LogP contribution in [0.25, 0.3) is 10.2 Å². The Morgan fingerprint density at radius 1 is 1.40 bits per heavy atom. The first-order valence-electron chi connectivity index (χ1n) is 7.03. The first kappa shape index (κ1) is 17.1. The smallest absolute Gasteiger partial charge is 0.336 e. The number of halogens is 3. The summed E-state index contributed by atoms with van der Waals surface area (Å²) in [5, 5.41) is 2.17. The molecule has 25 heavy (non-hydrogen) atoms.